The highest BCUT2D eigenvalue weighted by Crippen LogP contribution is 2.45. The largest absolute Gasteiger partial charge is 0.354 e. The summed E-state index contributed by atoms with van der Waals surface area (Å²) in [6.07, 6.45) is 5.73. The molecule has 2 fully saturated rings. The lowest BCUT2D eigenvalue weighted by atomic mass is 9.71. The fourth-order valence-electron chi connectivity index (χ4n) is 4.54. The van der Waals surface area contributed by atoms with Crippen molar-refractivity contribution in [1.82, 2.24) is 20.4 Å². The number of amides is 1. The second kappa shape index (κ2) is 7.37. The Morgan fingerprint density at radius 3 is 2.88 bits per heavy atom. The highest BCUT2D eigenvalue weighted by Gasteiger charge is 2.54. The van der Waals surface area contributed by atoms with Crippen molar-refractivity contribution >= 4 is 29.1 Å². The second-order valence-corrected chi connectivity index (χ2v) is 7.22. The van der Waals surface area contributed by atoms with Gasteiger partial charge in [-0.1, -0.05) is 25.1 Å². The van der Waals surface area contributed by atoms with Crippen LogP contribution < -0.4 is 16.2 Å². The molecule has 6 nitrogen and oxygen atoms in total. The molecule has 3 heterocycles. The average Bonchev–Trinajstić information content (AvgIpc) is 3.25. The first-order valence-corrected chi connectivity index (χ1v) is 9.13. The first kappa shape index (κ1) is 18.9. The van der Waals surface area contributed by atoms with Crippen molar-refractivity contribution in [1.29, 1.82) is 0 Å². The molecule has 7 heteroatoms. The van der Waals surface area contributed by atoms with Gasteiger partial charge in [0.1, 0.15) is 0 Å². The summed E-state index contributed by atoms with van der Waals surface area (Å²) in [6, 6.07) is 8.21. The number of rotatable bonds is 5. The Hall–Kier alpha value is -1.92. The van der Waals surface area contributed by atoms with Gasteiger partial charge in [-0.25, -0.2) is 4.68 Å². The second-order valence-electron chi connectivity index (χ2n) is 7.22. The monoisotopic (exact) mass is 376 g/mol. The Morgan fingerprint density at radius 1 is 1.38 bits per heavy atom. The molecule has 0 unspecified atom stereocenters. The standard InChI is InChI=1S/C19H24N4O2.ClH/c1-2-19(11-14-7-8-16(19)22-14)18(25)20-9-10-23-17(24)15-6-4-3-5-13(15)12-21-23;/h3-6,12,14,16,22H,2,7-11H2,1H3,(H,20,25);1H/t14-,16+,19+;/m0./s1. The van der Waals surface area contributed by atoms with Gasteiger partial charge in [0.15, 0.2) is 0 Å². The van der Waals surface area contributed by atoms with Crippen LogP contribution >= 0.6 is 12.4 Å². The normalized spacial score (nSPS) is 26.7. The van der Waals surface area contributed by atoms with E-state index in [1.807, 2.05) is 18.2 Å². The maximum absolute atomic E-state index is 12.8. The van der Waals surface area contributed by atoms with Gasteiger partial charge in [-0.05, 0) is 31.7 Å². The van der Waals surface area contributed by atoms with Gasteiger partial charge < -0.3 is 10.6 Å². The van der Waals surface area contributed by atoms with Gasteiger partial charge in [-0.15, -0.1) is 12.4 Å². The number of halogens is 1. The molecular formula is C19H25ClN4O2. The molecular weight excluding hydrogens is 352 g/mol. The molecule has 0 radical (unpaired) electrons. The van der Waals surface area contributed by atoms with E-state index in [4.69, 9.17) is 0 Å². The van der Waals surface area contributed by atoms with E-state index in [1.165, 1.54) is 11.1 Å². The predicted octanol–water partition coefficient (Wildman–Crippen LogP) is 1.86. The molecule has 2 bridgehead atoms. The molecule has 1 amide bonds. The summed E-state index contributed by atoms with van der Waals surface area (Å²) in [5.41, 5.74) is -0.399. The lowest BCUT2D eigenvalue weighted by molar-refractivity contribution is -0.132. The zero-order valence-corrected chi connectivity index (χ0v) is 15.7. The molecule has 2 aliphatic heterocycles. The topological polar surface area (TPSA) is 76.0 Å². The number of benzene rings is 1. The van der Waals surface area contributed by atoms with Crippen molar-refractivity contribution in [2.24, 2.45) is 5.41 Å². The molecule has 0 saturated carbocycles. The van der Waals surface area contributed by atoms with E-state index in [0.717, 1.165) is 24.6 Å². The summed E-state index contributed by atoms with van der Waals surface area (Å²) in [5.74, 6) is 0.114. The van der Waals surface area contributed by atoms with Crippen molar-refractivity contribution < 1.29 is 4.79 Å². The molecule has 0 aliphatic carbocycles. The van der Waals surface area contributed by atoms with Crippen LogP contribution in [0.4, 0.5) is 0 Å². The fourth-order valence-corrected chi connectivity index (χ4v) is 4.54. The number of hydrogen-bond acceptors (Lipinski definition) is 4. The maximum atomic E-state index is 12.8. The Labute approximate surface area is 158 Å². The van der Waals surface area contributed by atoms with Gasteiger partial charge in [-0.2, -0.15) is 5.10 Å². The van der Waals surface area contributed by atoms with Crippen LogP contribution in [0, 0.1) is 5.41 Å². The van der Waals surface area contributed by atoms with Crippen molar-refractivity contribution in [2.45, 2.75) is 51.2 Å². The summed E-state index contributed by atoms with van der Waals surface area (Å²) >= 11 is 0. The third-order valence-corrected chi connectivity index (χ3v) is 5.97. The molecule has 2 saturated heterocycles. The van der Waals surface area contributed by atoms with Gasteiger partial charge in [0.2, 0.25) is 5.91 Å². The molecule has 2 aliphatic rings. The number of hydrogen-bond donors (Lipinski definition) is 2. The van der Waals surface area contributed by atoms with Gasteiger partial charge in [0, 0.05) is 24.0 Å². The maximum Gasteiger partial charge on any atom is 0.274 e. The lowest BCUT2D eigenvalue weighted by Crippen LogP contribution is -2.49. The Morgan fingerprint density at radius 2 is 2.19 bits per heavy atom. The molecule has 2 N–H and O–H groups in total. The highest BCUT2D eigenvalue weighted by molar-refractivity contribution is 5.85. The highest BCUT2D eigenvalue weighted by atomic mass is 35.5. The zero-order valence-electron chi connectivity index (χ0n) is 14.9. The Kier molecular flexibility index (Phi) is 5.34. The van der Waals surface area contributed by atoms with Crippen molar-refractivity contribution in [3.63, 3.8) is 0 Å². The smallest absolute Gasteiger partial charge is 0.274 e. The van der Waals surface area contributed by atoms with E-state index < -0.39 is 0 Å². The van der Waals surface area contributed by atoms with Crippen LogP contribution in [0.25, 0.3) is 10.8 Å². The van der Waals surface area contributed by atoms with Gasteiger partial charge in [0.05, 0.1) is 23.5 Å². The minimum Gasteiger partial charge on any atom is -0.354 e. The third-order valence-electron chi connectivity index (χ3n) is 5.97. The zero-order chi connectivity index (χ0) is 17.4. The number of nitrogens with zero attached hydrogens (tertiary/aromatic N) is 2. The van der Waals surface area contributed by atoms with Crippen molar-refractivity contribution in [3.8, 4) is 0 Å². The number of nitrogens with one attached hydrogen (secondary N) is 2. The molecule has 4 rings (SSSR count). The average molecular weight is 377 g/mol. The van der Waals surface area contributed by atoms with E-state index in [2.05, 4.69) is 22.7 Å². The lowest BCUT2D eigenvalue weighted by Gasteiger charge is -2.34. The van der Waals surface area contributed by atoms with Gasteiger partial charge in [-0.3, -0.25) is 9.59 Å². The van der Waals surface area contributed by atoms with Crippen LogP contribution in [0.3, 0.4) is 0 Å². The number of carbonyl (C=O) groups excluding carboxylic acids is 1. The van der Waals surface area contributed by atoms with E-state index in [9.17, 15) is 9.59 Å². The number of carbonyl (C=O) groups is 1. The first-order valence-electron chi connectivity index (χ1n) is 9.13. The van der Waals surface area contributed by atoms with E-state index >= 15 is 0 Å². The van der Waals surface area contributed by atoms with Gasteiger partial charge in [0.25, 0.3) is 5.56 Å². The summed E-state index contributed by atoms with van der Waals surface area (Å²) in [7, 11) is 0. The van der Waals surface area contributed by atoms with E-state index in [0.29, 0.717) is 30.6 Å². The van der Waals surface area contributed by atoms with Crippen LogP contribution in [0.5, 0.6) is 0 Å². The fraction of sp³-hybridized carbons (Fsp3) is 0.526. The van der Waals surface area contributed by atoms with Crippen LogP contribution in [0.2, 0.25) is 0 Å². The third kappa shape index (κ3) is 3.01. The van der Waals surface area contributed by atoms with Gasteiger partial charge >= 0.3 is 0 Å². The predicted molar refractivity (Wildman–Crippen MR) is 104 cm³/mol. The van der Waals surface area contributed by atoms with Crippen LogP contribution in [0.15, 0.2) is 35.3 Å². The SMILES string of the molecule is CC[C@@]1(C(=O)NCCn2ncc3ccccc3c2=O)C[C@@H]2CC[C@H]1N2.Cl. The molecule has 1 aromatic heterocycles. The number of fused-ring (bicyclic) bond motifs is 3. The van der Waals surface area contributed by atoms with Crippen LogP contribution in [-0.2, 0) is 11.3 Å². The molecule has 26 heavy (non-hydrogen) atoms. The minimum atomic E-state index is -0.287. The summed E-state index contributed by atoms with van der Waals surface area (Å²) in [6.45, 7) is 2.90. The Balaban J connectivity index is 0.00000196. The van der Waals surface area contributed by atoms with Crippen LogP contribution in [0.1, 0.15) is 32.6 Å². The molecule has 2 aromatic rings. The van der Waals surface area contributed by atoms with Crippen molar-refractivity contribution in [2.75, 3.05) is 6.54 Å². The molecule has 0 spiro atoms. The summed E-state index contributed by atoms with van der Waals surface area (Å²) in [4.78, 5) is 25.3. The molecule has 1 aromatic carbocycles. The van der Waals surface area contributed by atoms with E-state index in [-0.39, 0.29) is 29.3 Å². The summed E-state index contributed by atoms with van der Waals surface area (Å²) < 4.78 is 1.43. The minimum absolute atomic E-state index is 0. The Bertz CT molecular complexity index is 868. The van der Waals surface area contributed by atoms with E-state index in [1.54, 1.807) is 12.3 Å². The quantitative estimate of drug-likeness (QED) is 0.835. The molecule has 3 atom stereocenters. The van der Waals surface area contributed by atoms with Crippen LogP contribution in [-0.4, -0.2) is 34.3 Å². The number of aromatic nitrogens is 2. The van der Waals surface area contributed by atoms with Crippen molar-refractivity contribution in [3.05, 3.63) is 40.8 Å². The summed E-state index contributed by atoms with van der Waals surface area (Å²) in [5, 5.41) is 12.3. The first-order chi connectivity index (χ1) is 12.1. The molecule has 140 valence electrons.